The smallest absolute Gasteiger partial charge is 0.268 e. The summed E-state index contributed by atoms with van der Waals surface area (Å²) < 4.78 is 11.1. The lowest BCUT2D eigenvalue weighted by atomic mass is 9.95. The Morgan fingerprint density at radius 3 is 2.94 bits per heavy atom. The highest BCUT2D eigenvalue weighted by molar-refractivity contribution is 7.19. The zero-order valence-corrected chi connectivity index (χ0v) is 11.0. The summed E-state index contributed by atoms with van der Waals surface area (Å²) in [4.78, 5) is 5.34. The molecule has 18 heavy (non-hydrogen) atoms. The zero-order valence-electron chi connectivity index (χ0n) is 10.2. The largest absolute Gasteiger partial charge is 0.391 e. The van der Waals surface area contributed by atoms with Crippen LogP contribution in [-0.2, 0) is 10.3 Å². The molecule has 1 atom stereocenters. The molecular weight excluding hydrogens is 250 g/mol. The number of nitrogens with two attached hydrogens (primary N) is 1. The molecule has 0 bridgehead atoms. The fourth-order valence-electron chi connectivity index (χ4n) is 2.12. The summed E-state index contributed by atoms with van der Waals surface area (Å²) in [6.45, 7) is 2.77. The Labute approximate surface area is 109 Å². The summed E-state index contributed by atoms with van der Waals surface area (Å²) in [6, 6.07) is 3.73. The first kappa shape index (κ1) is 11.7. The molecule has 3 heterocycles. The van der Waals surface area contributed by atoms with Gasteiger partial charge in [-0.25, -0.2) is 0 Å². The molecule has 0 amide bonds. The van der Waals surface area contributed by atoms with Crippen molar-refractivity contribution in [3.8, 4) is 10.8 Å². The molecule has 2 aromatic heterocycles. The Bertz CT molecular complexity index is 543. The van der Waals surface area contributed by atoms with Gasteiger partial charge in [-0.15, -0.1) is 11.3 Å². The highest BCUT2D eigenvalue weighted by atomic mass is 32.1. The van der Waals surface area contributed by atoms with Crippen molar-refractivity contribution in [2.75, 3.05) is 12.3 Å². The predicted molar refractivity (Wildman–Crippen MR) is 69.2 cm³/mol. The summed E-state index contributed by atoms with van der Waals surface area (Å²) in [5.74, 6) is 1.14. The van der Waals surface area contributed by atoms with Crippen molar-refractivity contribution >= 4 is 16.3 Å². The Hall–Kier alpha value is -1.40. The summed E-state index contributed by atoms with van der Waals surface area (Å²) in [7, 11) is 0. The Morgan fingerprint density at radius 1 is 1.39 bits per heavy atom. The average Bonchev–Trinajstić information content (AvgIpc) is 2.98. The monoisotopic (exact) mass is 265 g/mol. The molecule has 1 aliphatic heterocycles. The van der Waals surface area contributed by atoms with Gasteiger partial charge < -0.3 is 15.0 Å². The normalized spacial score (nSPS) is 24.3. The van der Waals surface area contributed by atoms with Crippen LogP contribution in [0.4, 0.5) is 5.00 Å². The fourth-order valence-corrected chi connectivity index (χ4v) is 2.81. The number of nitrogens with zero attached hydrogens (tertiary/aromatic N) is 2. The molecule has 2 N–H and O–H groups in total. The van der Waals surface area contributed by atoms with Crippen LogP contribution >= 0.6 is 11.3 Å². The lowest BCUT2D eigenvalue weighted by Crippen LogP contribution is -2.31. The van der Waals surface area contributed by atoms with E-state index >= 15 is 0 Å². The van der Waals surface area contributed by atoms with Gasteiger partial charge in [-0.1, -0.05) is 5.16 Å². The molecule has 0 radical (unpaired) electrons. The van der Waals surface area contributed by atoms with Crippen molar-refractivity contribution < 1.29 is 9.26 Å². The first-order valence-electron chi connectivity index (χ1n) is 6.01. The van der Waals surface area contributed by atoms with Crippen molar-refractivity contribution in [1.82, 2.24) is 10.1 Å². The van der Waals surface area contributed by atoms with Crippen LogP contribution in [0.2, 0.25) is 0 Å². The van der Waals surface area contributed by atoms with Crippen LogP contribution in [0, 0.1) is 0 Å². The minimum atomic E-state index is -0.414. The van der Waals surface area contributed by atoms with Gasteiger partial charge in [0, 0.05) is 6.61 Å². The van der Waals surface area contributed by atoms with E-state index < -0.39 is 5.60 Å². The number of rotatable bonds is 2. The summed E-state index contributed by atoms with van der Waals surface area (Å²) in [6.07, 6.45) is 3.16. The minimum Gasteiger partial charge on any atom is -0.391 e. The van der Waals surface area contributed by atoms with E-state index in [1.54, 1.807) is 0 Å². The summed E-state index contributed by atoms with van der Waals surface area (Å²) in [5, 5.41) is 4.79. The van der Waals surface area contributed by atoms with Crippen LogP contribution in [0.15, 0.2) is 16.7 Å². The van der Waals surface area contributed by atoms with Gasteiger partial charge in [0.1, 0.15) is 5.60 Å². The summed E-state index contributed by atoms with van der Waals surface area (Å²) in [5.41, 5.74) is 5.28. The molecule has 5 nitrogen and oxygen atoms in total. The van der Waals surface area contributed by atoms with Gasteiger partial charge in [0.25, 0.3) is 5.89 Å². The minimum absolute atomic E-state index is 0.414. The van der Waals surface area contributed by atoms with Gasteiger partial charge in [-0.2, -0.15) is 4.98 Å². The van der Waals surface area contributed by atoms with Crippen LogP contribution in [0.25, 0.3) is 10.8 Å². The Kier molecular flexibility index (Phi) is 2.83. The topological polar surface area (TPSA) is 74.2 Å². The van der Waals surface area contributed by atoms with Crippen molar-refractivity contribution in [3.63, 3.8) is 0 Å². The molecule has 0 saturated carbocycles. The molecule has 2 aromatic rings. The third-order valence-corrected chi connectivity index (χ3v) is 4.11. The number of aromatic nitrogens is 2. The second-order valence-corrected chi connectivity index (χ2v) is 5.78. The first-order chi connectivity index (χ1) is 8.67. The van der Waals surface area contributed by atoms with Crippen LogP contribution in [0.1, 0.15) is 32.0 Å². The number of anilines is 1. The van der Waals surface area contributed by atoms with E-state index in [0.717, 1.165) is 35.7 Å². The molecule has 0 aromatic carbocycles. The van der Waals surface area contributed by atoms with E-state index in [-0.39, 0.29) is 0 Å². The van der Waals surface area contributed by atoms with E-state index in [1.165, 1.54) is 11.3 Å². The Morgan fingerprint density at radius 2 is 2.28 bits per heavy atom. The maximum Gasteiger partial charge on any atom is 0.268 e. The second kappa shape index (κ2) is 4.37. The van der Waals surface area contributed by atoms with Crippen molar-refractivity contribution in [2.24, 2.45) is 0 Å². The quantitative estimate of drug-likeness (QED) is 0.903. The molecule has 6 heteroatoms. The molecule has 0 spiro atoms. The predicted octanol–water partition coefficient (Wildman–Crippen LogP) is 2.80. The first-order valence-corrected chi connectivity index (χ1v) is 6.83. The Balaban J connectivity index is 1.89. The zero-order chi connectivity index (χ0) is 12.6. The van der Waals surface area contributed by atoms with Gasteiger partial charge in [-0.3, -0.25) is 0 Å². The van der Waals surface area contributed by atoms with Crippen LogP contribution in [0.3, 0.4) is 0 Å². The molecule has 1 unspecified atom stereocenters. The van der Waals surface area contributed by atoms with Gasteiger partial charge in [0.2, 0.25) is 5.82 Å². The lowest BCUT2D eigenvalue weighted by molar-refractivity contribution is -0.0770. The van der Waals surface area contributed by atoms with Crippen LogP contribution in [-0.4, -0.2) is 16.7 Å². The van der Waals surface area contributed by atoms with Gasteiger partial charge in [0.05, 0.1) is 9.88 Å². The maximum atomic E-state index is 5.80. The molecular formula is C12H15N3O2S. The van der Waals surface area contributed by atoms with E-state index in [9.17, 15) is 0 Å². The van der Waals surface area contributed by atoms with E-state index in [4.69, 9.17) is 15.0 Å². The maximum absolute atomic E-state index is 5.80. The standard InChI is InChI=1S/C12H15N3O2S/c1-12(6-2-3-7-16-12)11-14-10(17-15-11)8-4-5-9(13)18-8/h4-5H,2-3,6-7,13H2,1H3. The van der Waals surface area contributed by atoms with Gasteiger partial charge in [0.15, 0.2) is 0 Å². The highest BCUT2D eigenvalue weighted by Crippen LogP contribution is 2.35. The molecule has 1 saturated heterocycles. The number of hydrogen-bond donors (Lipinski definition) is 1. The average molecular weight is 265 g/mol. The number of nitrogen functional groups attached to an aromatic ring is 1. The van der Waals surface area contributed by atoms with Crippen molar-refractivity contribution in [3.05, 3.63) is 18.0 Å². The third kappa shape index (κ3) is 2.02. The fraction of sp³-hybridized carbons (Fsp3) is 0.500. The molecule has 1 aliphatic rings. The summed E-state index contributed by atoms with van der Waals surface area (Å²) >= 11 is 1.44. The number of ether oxygens (including phenoxy) is 1. The van der Waals surface area contributed by atoms with E-state index in [0.29, 0.717) is 11.7 Å². The lowest BCUT2D eigenvalue weighted by Gasteiger charge is -2.30. The van der Waals surface area contributed by atoms with E-state index in [1.807, 2.05) is 19.1 Å². The van der Waals surface area contributed by atoms with Gasteiger partial charge >= 0.3 is 0 Å². The molecule has 0 aliphatic carbocycles. The SMILES string of the molecule is CC1(c2noc(-c3ccc(N)s3)n2)CCCCO1. The number of thiophene rings is 1. The number of hydrogen-bond acceptors (Lipinski definition) is 6. The van der Waals surface area contributed by atoms with Crippen LogP contribution < -0.4 is 5.73 Å². The highest BCUT2D eigenvalue weighted by Gasteiger charge is 2.35. The van der Waals surface area contributed by atoms with Crippen LogP contribution in [0.5, 0.6) is 0 Å². The molecule has 1 fully saturated rings. The molecule has 96 valence electrons. The van der Waals surface area contributed by atoms with E-state index in [2.05, 4.69) is 10.1 Å². The van der Waals surface area contributed by atoms with Gasteiger partial charge in [-0.05, 0) is 38.3 Å². The molecule has 3 rings (SSSR count). The third-order valence-electron chi connectivity index (χ3n) is 3.21. The second-order valence-electron chi connectivity index (χ2n) is 4.66. The van der Waals surface area contributed by atoms with Crippen molar-refractivity contribution in [1.29, 1.82) is 0 Å². The van der Waals surface area contributed by atoms with Crippen molar-refractivity contribution in [2.45, 2.75) is 31.8 Å².